The van der Waals surface area contributed by atoms with Crippen LogP contribution in [0.5, 0.6) is 0 Å². The van der Waals surface area contributed by atoms with Crippen molar-refractivity contribution in [3.05, 3.63) is 46.3 Å². The molecule has 0 fully saturated rings. The molecule has 0 radical (unpaired) electrons. The molecule has 1 rings (SSSR count). The Morgan fingerprint density at radius 3 is 2.42 bits per heavy atom. The van der Waals surface area contributed by atoms with Gasteiger partial charge in [0.25, 0.3) is 0 Å². The molecule has 0 heterocycles. The fourth-order valence-electron chi connectivity index (χ4n) is 1.51. The number of aliphatic hydroxyl groups is 1. The van der Waals surface area contributed by atoms with Crippen LogP contribution >= 0.6 is 0 Å². The van der Waals surface area contributed by atoms with Gasteiger partial charge in [-0.2, -0.15) is 0 Å². The third-order valence-corrected chi connectivity index (χ3v) is 2.26. The van der Waals surface area contributed by atoms with Gasteiger partial charge >= 0.3 is 5.97 Å². The first kappa shape index (κ1) is 15.0. The van der Waals surface area contributed by atoms with Gasteiger partial charge in [-0.1, -0.05) is 35.4 Å². The van der Waals surface area contributed by atoms with E-state index in [1.165, 1.54) is 0 Å². The van der Waals surface area contributed by atoms with Crippen molar-refractivity contribution in [3.8, 4) is 0 Å². The van der Waals surface area contributed by atoms with Crippen LogP contribution in [0.1, 0.15) is 32.4 Å². The highest BCUT2D eigenvalue weighted by Gasteiger charge is 2.30. The lowest BCUT2D eigenvalue weighted by molar-refractivity contribution is -0.166. The first-order chi connectivity index (χ1) is 8.85. The van der Waals surface area contributed by atoms with E-state index in [9.17, 15) is 9.90 Å². The summed E-state index contributed by atoms with van der Waals surface area (Å²) in [5.41, 5.74) is 8.40. The summed E-state index contributed by atoms with van der Waals surface area (Å²) in [7, 11) is 0. The molecule has 6 nitrogen and oxygen atoms in total. The number of azide groups is 1. The van der Waals surface area contributed by atoms with Crippen LogP contribution in [-0.2, 0) is 9.53 Å². The predicted molar refractivity (Wildman–Crippen MR) is 70.2 cm³/mol. The van der Waals surface area contributed by atoms with Crippen molar-refractivity contribution in [2.75, 3.05) is 0 Å². The van der Waals surface area contributed by atoms with Gasteiger partial charge in [0, 0.05) is 4.91 Å². The number of benzene rings is 1. The van der Waals surface area contributed by atoms with Crippen molar-refractivity contribution in [1.29, 1.82) is 0 Å². The molecule has 6 heteroatoms. The van der Waals surface area contributed by atoms with Gasteiger partial charge in [0.2, 0.25) is 0 Å². The Labute approximate surface area is 111 Å². The molecule has 0 aliphatic carbocycles. The van der Waals surface area contributed by atoms with Crippen molar-refractivity contribution in [1.82, 2.24) is 0 Å². The maximum absolute atomic E-state index is 11.8. The number of aliphatic hydroxyl groups excluding tert-OH is 1. The molecule has 0 aliphatic heterocycles. The normalized spacial score (nSPS) is 14.1. The summed E-state index contributed by atoms with van der Waals surface area (Å²) in [4.78, 5) is 14.5. The summed E-state index contributed by atoms with van der Waals surface area (Å²) in [6, 6.07) is 7.60. The van der Waals surface area contributed by atoms with E-state index in [1.54, 1.807) is 51.1 Å². The summed E-state index contributed by atoms with van der Waals surface area (Å²) < 4.78 is 5.08. The van der Waals surface area contributed by atoms with E-state index < -0.39 is 23.7 Å². The lowest BCUT2D eigenvalue weighted by atomic mass is 10.0. The molecular weight excluding hydrogens is 246 g/mol. The molecule has 0 spiro atoms. The van der Waals surface area contributed by atoms with E-state index in [-0.39, 0.29) is 0 Å². The number of esters is 1. The Bertz CT molecular complexity index is 476. The SMILES string of the molecule is CC(C)(C)OC(=O)C(O)C(N=[N+]=[N-])c1ccccc1. The first-order valence-electron chi connectivity index (χ1n) is 5.85. The van der Waals surface area contributed by atoms with Crippen molar-refractivity contribution in [2.45, 2.75) is 38.5 Å². The molecule has 0 aromatic heterocycles. The number of hydrogen-bond donors (Lipinski definition) is 1. The second-order valence-electron chi connectivity index (χ2n) is 5.04. The van der Waals surface area contributed by atoms with Crippen LogP contribution in [0.4, 0.5) is 0 Å². The van der Waals surface area contributed by atoms with Crippen LogP contribution < -0.4 is 0 Å². The van der Waals surface area contributed by atoms with E-state index in [1.807, 2.05) is 0 Å². The molecule has 19 heavy (non-hydrogen) atoms. The van der Waals surface area contributed by atoms with Gasteiger partial charge in [0.05, 0.1) is 6.04 Å². The van der Waals surface area contributed by atoms with Gasteiger partial charge in [-0.3, -0.25) is 0 Å². The summed E-state index contributed by atoms with van der Waals surface area (Å²) in [6.07, 6.45) is -1.53. The molecule has 1 aromatic carbocycles. The van der Waals surface area contributed by atoms with Gasteiger partial charge in [0.15, 0.2) is 6.10 Å². The van der Waals surface area contributed by atoms with E-state index in [4.69, 9.17) is 10.3 Å². The minimum Gasteiger partial charge on any atom is -0.458 e. The zero-order valence-corrected chi connectivity index (χ0v) is 11.1. The second-order valence-corrected chi connectivity index (χ2v) is 5.04. The van der Waals surface area contributed by atoms with Gasteiger partial charge < -0.3 is 9.84 Å². The van der Waals surface area contributed by atoms with E-state index in [0.29, 0.717) is 5.56 Å². The second kappa shape index (κ2) is 6.22. The quantitative estimate of drug-likeness (QED) is 0.391. The molecule has 102 valence electrons. The molecule has 0 aliphatic rings. The third-order valence-electron chi connectivity index (χ3n) is 2.26. The van der Waals surface area contributed by atoms with Crippen LogP contribution in [0.3, 0.4) is 0 Å². The van der Waals surface area contributed by atoms with Gasteiger partial charge in [-0.25, -0.2) is 4.79 Å². The van der Waals surface area contributed by atoms with Gasteiger partial charge in [-0.15, -0.1) is 0 Å². The standard InChI is InChI=1S/C13H17N3O3/c1-13(2,3)19-12(18)11(17)10(15-16-14)9-7-5-4-6-8-9/h4-8,10-11,17H,1-3H3. The highest BCUT2D eigenvalue weighted by molar-refractivity contribution is 5.76. The minimum absolute atomic E-state index is 0.554. The Balaban J connectivity index is 2.94. The first-order valence-corrected chi connectivity index (χ1v) is 5.85. The molecule has 1 N–H and O–H groups in total. The van der Waals surface area contributed by atoms with Crippen molar-refractivity contribution < 1.29 is 14.6 Å². The number of hydrogen-bond acceptors (Lipinski definition) is 4. The molecule has 2 atom stereocenters. The predicted octanol–water partition coefficient (Wildman–Crippen LogP) is 2.74. The van der Waals surface area contributed by atoms with Crippen LogP contribution in [0.2, 0.25) is 0 Å². The number of carbonyl (C=O) groups is 1. The molecule has 1 aromatic rings. The maximum Gasteiger partial charge on any atom is 0.336 e. The summed E-state index contributed by atoms with van der Waals surface area (Å²) in [5, 5.41) is 13.5. The van der Waals surface area contributed by atoms with Crippen LogP contribution in [0, 0.1) is 0 Å². The molecule has 0 amide bonds. The van der Waals surface area contributed by atoms with Crippen LogP contribution in [-0.4, -0.2) is 22.8 Å². The topological polar surface area (TPSA) is 95.3 Å². The van der Waals surface area contributed by atoms with Crippen LogP contribution in [0.25, 0.3) is 10.4 Å². The fourth-order valence-corrected chi connectivity index (χ4v) is 1.51. The average Bonchev–Trinajstić information content (AvgIpc) is 2.34. The summed E-state index contributed by atoms with van der Waals surface area (Å²) in [6.45, 7) is 5.09. The van der Waals surface area contributed by atoms with E-state index >= 15 is 0 Å². The molecule has 0 saturated carbocycles. The third kappa shape index (κ3) is 4.62. The number of carbonyl (C=O) groups excluding carboxylic acids is 1. The highest BCUT2D eigenvalue weighted by atomic mass is 16.6. The smallest absolute Gasteiger partial charge is 0.336 e. The summed E-state index contributed by atoms with van der Waals surface area (Å²) >= 11 is 0. The maximum atomic E-state index is 11.8. The zero-order valence-electron chi connectivity index (χ0n) is 11.1. The number of nitrogens with zero attached hydrogens (tertiary/aromatic N) is 3. The van der Waals surface area contributed by atoms with Crippen molar-refractivity contribution in [2.24, 2.45) is 5.11 Å². The molecule has 2 unspecified atom stereocenters. The Morgan fingerprint density at radius 2 is 1.95 bits per heavy atom. The van der Waals surface area contributed by atoms with Crippen LogP contribution in [0.15, 0.2) is 35.4 Å². The van der Waals surface area contributed by atoms with E-state index in [0.717, 1.165) is 0 Å². The van der Waals surface area contributed by atoms with Gasteiger partial charge in [0.1, 0.15) is 5.60 Å². The zero-order chi connectivity index (χ0) is 14.5. The largest absolute Gasteiger partial charge is 0.458 e. The molecule has 0 saturated heterocycles. The average molecular weight is 263 g/mol. The monoisotopic (exact) mass is 263 g/mol. The molecular formula is C13H17N3O3. The Kier molecular flexibility index (Phi) is 4.92. The number of ether oxygens (including phenoxy) is 1. The van der Waals surface area contributed by atoms with Gasteiger partial charge in [-0.05, 0) is 31.9 Å². The highest BCUT2D eigenvalue weighted by Crippen LogP contribution is 2.23. The van der Waals surface area contributed by atoms with Crippen molar-refractivity contribution in [3.63, 3.8) is 0 Å². The molecule has 0 bridgehead atoms. The lowest BCUT2D eigenvalue weighted by Gasteiger charge is -2.24. The lowest BCUT2D eigenvalue weighted by Crippen LogP contribution is -2.34. The Hall–Kier alpha value is -2.04. The fraction of sp³-hybridized carbons (Fsp3) is 0.462. The Morgan fingerprint density at radius 1 is 1.37 bits per heavy atom. The summed E-state index contributed by atoms with van der Waals surface area (Å²) in [5.74, 6) is -0.811. The number of rotatable bonds is 4. The minimum atomic E-state index is -1.53. The van der Waals surface area contributed by atoms with E-state index in [2.05, 4.69) is 10.0 Å². The van der Waals surface area contributed by atoms with Crippen molar-refractivity contribution >= 4 is 5.97 Å².